The van der Waals surface area contributed by atoms with E-state index >= 15 is 0 Å². The Kier molecular flexibility index (Phi) is 4.60. The van der Waals surface area contributed by atoms with Crippen LogP contribution < -0.4 is 10.6 Å². The smallest absolute Gasteiger partial charge is 0.319 e. The van der Waals surface area contributed by atoms with Gasteiger partial charge in [-0.3, -0.25) is 5.10 Å². The maximum Gasteiger partial charge on any atom is 0.319 e. The number of anilines is 1. The Morgan fingerprint density at radius 1 is 1.07 bits per heavy atom. The number of amides is 2. The number of aromatic nitrogens is 5. The van der Waals surface area contributed by atoms with Crippen LogP contribution >= 0.6 is 0 Å². The molecule has 8 heteroatoms. The van der Waals surface area contributed by atoms with E-state index in [0.717, 1.165) is 22.5 Å². The molecule has 0 saturated heterocycles. The molecule has 0 atom stereocenters. The molecule has 0 aliphatic carbocycles. The monoisotopic (exact) mass is 359 g/mol. The van der Waals surface area contributed by atoms with E-state index in [2.05, 4.69) is 31.1 Å². The van der Waals surface area contributed by atoms with Gasteiger partial charge in [0.15, 0.2) is 0 Å². The molecular formula is C19H17N7O. The SMILES string of the molecule is O=C(NCc1ccc(-c2ccn[nH]2)cc1)Nc1cccc(-n2ccnn2)c1. The van der Waals surface area contributed by atoms with E-state index in [1.54, 1.807) is 23.3 Å². The van der Waals surface area contributed by atoms with E-state index in [1.807, 2.05) is 54.6 Å². The zero-order valence-electron chi connectivity index (χ0n) is 14.3. The topological polar surface area (TPSA) is 101 Å². The third kappa shape index (κ3) is 4.01. The van der Waals surface area contributed by atoms with Crippen molar-refractivity contribution in [1.29, 1.82) is 0 Å². The zero-order valence-corrected chi connectivity index (χ0v) is 14.3. The second-order valence-electron chi connectivity index (χ2n) is 5.87. The van der Waals surface area contributed by atoms with Gasteiger partial charge in [0.25, 0.3) is 0 Å². The average Bonchev–Trinajstić information content (AvgIpc) is 3.41. The Labute approximate surface area is 155 Å². The van der Waals surface area contributed by atoms with E-state index < -0.39 is 0 Å². The van der Waals surface area contributed by atoms with E-state index in [1.165, 1.54) is 0 Å². The highest BCUT2D eigenvalue weighted by Crippen LogP contribution is 2.17. The number of hydrogen-bond donors (Lipinski definition) is 3. The fourth-order valence-electron chi connectivity index (χ4n) is 2.65. The minimum atomic E-state index is -0.275. The molecule has 0 unspecified atom stereocenters. The molecule has 4 aromatic rings. The Morgan fingerprint density at radius 3 is 2.70 bits per heavy atom. The van der Waals surface area contributed by atoms with Crippen LogP contribution in [-0.4, -0.2) is 31.2 Å². The van der Waals surface area contributed by atoms with Crippen LogP contribution in [0.5, 0.6) is 0 Å². The number of benzene rings is 2. The van der Waals surface area contributed by atoms with Crippen molar-refractivity contribution < 1.29 is 4.79 Å². The van der Waals surface area contributed by atoms with Crippen molar-refractivity contribution in [2.24, 2.45) is 0 Å². The molecule has 2 heterocycles. The number of rotatable bonds is 5. The number of hydrogen-bond acceptors (Lipinski definition) is 4. The first-order valence-electron chi connectivity index (χ1n) is 8.38. The van der Waals surface area contributed by atoms with Gasteiger partial charge >= 0.3 is 6.03 Å². The van der Waals surface area contributed by atoms with E-state index in [4.69, 9.17) is 0 Å². The number of H-pyrrole nitrogens is 1. The van der Waals surface area contributed by atoms with Gasteiger partial charge in [-0.2, -0.15) is 5.10 Å². The predicted molar refractivity (Wildman–Crippen MR) is 101 cm³/mol. The number of carbonyl (C=O) groups excluding carboxylic acids is 1. The van der Waals surface area contributed by atoms with Gasteiger partial charge in [-0.15, -0.1) is 5.10 Å². The van der Waals surface area contributed by atoms with Crippen molar-refractivity contribution in [3.63, 3.8) is 0 Å². The summed E-state index contributed by atoms with van der Waals surface area (Å²) in [6.45, 7) is 0.428. The molecule has 0 radical (unpaired) electrons. The number of urea groups is 1. The molecule has 2 aromatic heterocycles. The lowest BCUT2D eigenvalue weighted by Gasteiger charge is -2.09. The highest BCUT2D eigenvalue weighted by molar-refractivity contribution is 5.89. The minimum absolute atomic E-state index is 0.275. The molecule has 2 amide bonds. The van der Waals surface area contributed by atoms with Crippen LogP contribution in [0.1, 0.15) is 5.56 Å². The van der Waals surface area contributed by atoms with Crippen LogP contribution in [-0.2, 0) is 6.54 Å². The molecule has 27 heavy (non-hydrogen) atoms. The highest BCUT2D eigenvalue weighted by Gasteiger charge is 2.05. The molecule has 8 nitrogen and oxygen atoms in total. The van der Waals surface area contributed by atoms with Gasteiger partial charge < -0.3 is 10.6 Å². The lowest BCUT2D eigenvalue weighted by molar-refractivity contribution is 0.251. The van der Waals surface area contributed by atoms with Crippen molar-refractivity contribution in [2.75, 3.05) is 5.32 Å². The lowest BCUT2D eigenvalue weighted by atomic mass is 10.1. The third-order valence-electron chi connectivity index (χ3n) is 4.01. The predicted octanol–water partition coefficient (Wildman–Crippen LogP) is 2.98. The maximum atomic E-state index is 12.2. The molecule has 0 saturated carbocycles. The minimum Gasteiger partial charge on any atom is -0.334 e. The Hall–Kier alpha value is -3.94. The molecule has 0 bridgehead atoms. The standard InChI is InChI=1S/C19H17N7O/c27-19(23-16-2-1-3-17(12-16)26-11-10-22-25-26)20-13-14-4-6-15(7-5-14)18-8-9-21-24-18/h1-12H,13H2,(H,21,24)(H2,20,23,27). The number of carbonyl (C=O) groups is 1. The van der Waals surface area contributed by atoms with Crippen LogP contribution in [0.3, 0.4) is 0 Å². The van der Waals surface area contributed by atoms with Crippen molar-refractivity contribution in [3.8, 4) is 16.9 Å². The van der Waals surface area contributed by atoms with E-state index in [-0.39, 0.29) is 6.03 Å². The Bertz CT molecular complexity index is 1010. The van der Waals surface area contributed by atoms with Crippen LogP contribution in [0.15, 0.2) is 73.2 Å². The van der Waals surface area contributed by atoms with Crippen molar-refractivity contribution in [3.05, 3.63) is 78.8 Å². The van der Waals surface area contributed by atoms with Crippen LogP contribution in [0.25, 0.3) is 16.9 Å². The summed E-state index contributed by atoms with van der Waals surface area (Å²) in [4.78, 5) is 12.2. The number of nitrogens with one attached hydrogen (secondary N) is 3. The summed E-state index contributed by atoms with van der Waals surface area (Å²) in [6, 6.07) is 16.9. The van der Waals surface area contributed by atoms with Gasteiger partial charge in [0.05, 0.1) is 23.8 Å². The lowest BCUT2D eigenvalue weighted by Crippen LogP contribution is -2.28. The van der Waals surface area contributed by atoms with Gasteiger partial charge in [-0.05, 0) is 35.4 Å². The molecule has 134 valence electrons. The first-order chi connectivity index (χ1) is 13.3. The van der Waals surface area contributed by atoms with Gasteiger partial charge in [0.2, 0.25) is 0 Å². The Balaban J connectivity index is 1.34. The van der Waals surface area contributed by atoms with Crippen molar-refractivity contribution in [1.82, 2.24) is 30.5 Å². The fraction of sp³-hybridized carbons (Fsp3) is 0.0526. The van der Waals surface area contributed by atoms with Crippen LogP contribution in [0.2, 0.25) is 0 Å². The second kappa shape index (κ2) is 7.52. The molecular weight excluding hydrogens is 342 g/mol. The zero-order chi connectivity index (χ0) is 18.5. The molecule has 3 N–H and O–H groups in total. The normalized spacial score (nSPS) is 10.5. The summed E-state index contributed by atoms with van der Waals surface area (Å²) in [5.41, 5.74) is 4.50. The first kappa shape index (κ1) is 16.5. The summed E-state index contributed by atoms with van der Waals surface area (Å²) in [5.74, 6) is 0. The molecule has 0 aliphatic rings. The summed E-state index contributed by atoms with van der Waals surface area (Å²) in [5, 5.41) is 20.3. The van der Waals surface area contributed by atoms with Gasteiger partial charge in [0.1, 0.15) is 0 Å². The fourth-order valence-corrected chi connectivity index (χ4v) is 2.65. The van der Waals surface area contributed by atoms with Crippen molar-refractivity contribution >= 4 is 11.7 Å². The quantitative estimate of drug-likeness (QED) is 0.510. The van der Waals surface area contributed by atoms with Crippen LogP contribution in [0.4, 0.5) is 10.5 Å². The number of aromatic amines is 1. The van der Waals surface area contributed by atoms with Crippen LogP contribution in [0, 0.1) is 0 Å². The molecule has 0 aliphatic heterocycles. The third-order valence-corrected chi connectivity index (χ3v) is 4.01. The molecule has 4 rings (SSSR count). The Morgan fingerprint density at radius 2 is 1.96 bits per heavy atom. The van der Waals surface area contributed by atoms with Crippen molar-refractivity contribution in [2.45, 2.75) is 6.54 Å². The number of nitrogens with zero attached hydrogens (tertiary/aromatic N) is 4. The molecule has 0 fully saturated rings. The maximum absolute atomic E-state index is 12.2. The summed E-state index contributed by atoms with van der Waals surface area (Å²) in [6.07, 6.45) is 5.06. The first-order valence-corrected chi connectivity index (χ1v) is 8.38. The second-order valence-corrected chi connectivity index (χ2v) is 5.87. The molecule has 0 spiro atoms. The van der Waals surface area contributed by atoms with Gasteiger partial charge in [0, 0.05) is 18.4 Å². The summed E-state index contributed by atoms with van der Waals surface area (Å²) in [7, 11) is 0. The van der Waals surface area contributed by atoms with Gasteiger partial charge in [-0.1, -0.05) is 35.5 Å². The summed E-state index contributed by atoms with van der Waals surface area (Å²) < 4.78 is 1.63. The van der Waals surface area contributed by atoms with Gasteiger partial charge in [-0.25, -0.2) is 9.48 Å². The highest BCUT2D eigenvalue weighted by atomic mass is 16.2. The van der Waals surface area contributed by atoms with E-state index in [0.29, 0.717) is 12.2 Å². The summed E-state index contributed by atoms with van der Waals surface area (Å²) >= 11 is 0. The molecule has 2 aromatic carbocycles. The average molecular weight is 359 g/mol. The largest absolute Gasteiger partial charge is 0.334 e. The van der Waals surface area contributed by atoms with E-state index in [9.17, 15) is 4.79 Å².